The molecule has 288 valence electrons. The molecule has 0 amide bonds. The van der Waals surface area contributed by atoms with Crippen molar-refractivity contribution < 1.29 is 4.42 Å². The van der Waals surface area contributed by atoms with E-state index in [0.717, 1.165) is 11.2 Å². The molecule has 0 radical (unpaired) electrons. The van der Waals surface area contributed by atoms with E-state index in [4.69, 9.17) is 4.42 Å². The molecule has 0 saturated heterocycles. The second-order valence-corrected chi connectivity index (χ2v) is 18.4. The first kappa shape index (κ1) is 34.6. The molecule has 11 aromatic rings. The summed E-state index contributed by atoms with van der Waals surface area (Å²) in [5.74, 6) is 0. The van der Waals surface area contributed by atoms with Crippen LogP contribution in [-0.4, -0.2) is 0 Å². The van der Waals surface area contributed by atoms with Gasteiger partial charge in [-0.25, -0.2) is 0 Å². The summed E-state index contributed by atoms with van der Waals surface area (Å²) in [5, 5.41) is 9.88. The topological polar surface area (TPSA) is 13.1 Å². The first-order valence-corrected chi connectivity index (χ1v) is 21.6. The van der Waals surface area contributed by atoms with Gasteiger partial charge in [0.25, 0.3) is 0 Å². The highest BCUT2D eigenvalue weighted by Crippen LogP contribution is 2.53. The molecule has 1 heterocycles. The fourth-order valence-corrected chi connectivity index (χ4v) is 11.5. The lowest BCUT2D eigenvalue weighted by molar-refractivity contribution is 0.658. The van der Waals surface area contributed by atoms with Gasteiger partial charge in [0.2, 0.25) is 0 Å². The van der Waals surface area contributed by atoms with Crippen LogP contribution in [0.25, 0.3) is 110 Å². The highest BCUT2D eigenvalue weighted by Gasteiger charge is 2.37. The summed E-state index contributed by atoms with van der Waals surface area (Å²) < 4.78 is 6.82. The predicted octanol–water partition coefficient (Wildman–Crippen LogP) is 16.7. The lowest BCUT2D eigenvalue weighted by Gasteiger charge is -2.22. The van der Waals surface area contributed by atoms with E-state index in [1.54, 1.807) is 0 Å². The Balaban J connectivity index is 0.965. The van der Waals surface area contributed by atoms with E-state index in [0.29, 0.717) is 0 Å². The fraction of sp³-hybridized carbons (Fsp3) is 0.100. The molecule has 61 heavy (non-hydrogen) atoms. The van der Waals surface area contributed by atoms with Crippen molar-refractivity contribution in [2.75, 3.05) is 0 Å². The minimum atomic E-state index is -0.0793. The third kappa shape index (κ3) is 4.67. The molecular weight excluding hydrogens is 737 g/mol. The van der Waals surface area contributed by atoms with E-state index in [9.17, 15) is 0 Å². The molecule has 0 bridgehead atoms. The summed E-state index contributed by atoms with van der Waals surface area (Å²) >= 11 is 0. The van der Waals surface area contributed by atoms with Crippen molar-refractivity contribution in [1.29, 1.82) is 0 Å². The molecule has 2 aliphatic carbocycles. The average Bonchev–Trinajstić information content (AvgIpc) is 3.86. The third-order valence-electron chi connectivity index (χ3n) is 14.5. The average molecular weight is 779 g/mol. The SMILES string of the molecule is CC1(C)c2ccccc2-c2cc(-c3c4ccccc4c(-c4ccc(-c5cc6oc7cc8c(cc7c6c6ccccc56)C(C)(C)c5ccccc5-8)cc4)c4ccccc34)ccc21. The Kier molecular flexibility index (Phi) is 6.91. The van der Waals surface area contributed by atoms with Gasteiger partial charge in [0.1, 0.15) is 11.2 Å². The van der Waals surface area contributed by atoms with Crippen LogP contribution in [0.5, 0.6) is 0 Å². The molecule has 1 heteroatoms. The van der Waals surface area contributed by atoms with Crippen LogP contribution >= 0.6 is 0 Å². The highest BCUT2D eigenvalue weighted by molar-refractivity contribution is 6.24. The van der Waals surface area contributed by atoms with Gasteiger partial charge in [-0.15, -0.1) is 0 Å². The maximum absolute atomic E-state index is 6.82. The van der Waals surface area contributed by atoms with Crippen molar-refractivity contribution in [3.8, 4) is 55.6 Å². The van der Waals surface area contributed by atoms with E-state index in [1.807, 2.05) is 0 Å². The zero-order valence-electron chi connectivity index (χ0n) is 34.7. The van der Waals surface area contributed by atoms with E-state index < -0.39 is 0 Å². The predicted molar refractivity (Wildman–Crippen MR) is 258 cm³/mol. The van der Waals surface area contributed by atoms with E-state index in [-0.39, 0.29) is 10.8 Å². The number of benzene rings is 10. The van der Waals surface area contributed by atoms with E-state index >= 15 is 0 Å². The Morgan fingerprint density at radius 2 is 0.738 bits per heavy atom. The summed E-state index contributed by atoms with van der Waals surface area (Å²) in [5.41, 5.74) is 20.0. The van der Waals surface area contributed by atoms with Crippen molar-refractivity contribution in [3.63, 3.8) is 0 Å². The Morgan fingerprint density at radius 1 is 0.295 bits per heavy atom. The van der Waals surface area contributed by atoms with Crippen LogP contribution in [0.3, 0.4) is 0 Å². The molecule has 0 spiro atoms. The van der Waals surface area contributed by atoms with Gasteiger partial charge in [-0.05, 0) is 134 Å². The molecule has 0 N–H and O–H groups in total. The number of rotatable bonds is 3. The van der Waals surface area contributed by atoms with Gasteiger partial charge in [0, 0.05) is 21.6 Å². The van der Waals surface area contributed by atoms with Crippen molar-refractivity contribution in [2.45, 2.75) is 38.5 Å². The molecule has 0 aliphatic heterocycles. The molecule has 1 aromatic heterocycles. The number of fused-ring (bicyclic) bond motifs is 13. The second-order valence-electron chi connectivity index (χ2n) is 18.4. The maximum atomic E-state index is 6.82. The maximum Gasteiger partial charge on any atom is 0.136 e. The summed E-state index contributed by atoms with van der Waals surface area (Å²) in [6.07, 6.45) is 0. The Bertz CT molecular complexity index is 3630. The van der Waals surface area contributed by atoms with Crippen LogP contribution in [-0.2, 0) is 10.8 Å². The van der Waals surface area contributed by atoms with Gasteiger partial charge in [-0.2, -0.15) is 0 Å². The minimum absolute atomic E-state index is 0.0281. The molecule has 0 fully saturated rings. The first-order chi connectivity index (χ1) is 29.8. The van der Waals surface area contributed by atoms with Crippen LogP contribution in [0.1, 0.15) is 49.9 Å². The molecule has 2 aliphatic rings. The fourth-order valence-electron chi connectivity index (χ4n) is 11.5. The van der Waals surface area contributed by atoms with Gasteiger partial charge in [0.15, 0.2) is 0 Å². The Hall–Kier alpha value is -7.22. The van der Waals surface area contributed by atoms with Crippen LogP contribution in [0.2, 0.25) is 0 Å². The highest BCUT2D eigenvalue weighted by atomic mass is 16.3. The number of furan rings is 1. The largest absolute Gasteiger partial charge is 0.456 e. The molecule has 13 rings (SSSR count). The summed E-state index contributed by atoms with van der Waals surface area (Å²) in [7, 11) is 0. The smallest absolute Gasteiger partial charge is 0.136 e. The van der Waals surface area contributed by atoms with E-state index in [2.05, 4.69) is 210 Å². The Morgan fingerprint density at radius 3 is 1.36 bits per heavy atom. The zero-order valence-corrected chi connectivity index (χ0v) is 34.7. The summed E-state index contributed by atoms with van der Waals surface area (Å²) in [6.45, 7) is 9.40. The number of hydrogen-bond donors (Lipinski definition) is 0. The summed E-state index contributed by atoms with van der Waals surface area (Å²) in [4.78, 5) is 0. The lowest BCUT2D eigenvalue weighted by Crippen LogP contribution is -2.14. The van der Waals surface area contributed by atoms with Gasteiger partial charge >= 0.3 is 0 Å². The van der Waals surface area contributed by atoms with Gasteiger partial charge < -0.3 is 4.42 Å². The van der Waals surface area contributed by atoms with Gasteiger partial charge in [-0.3, -0.25) is 0 Å². The number of hydrogen-bond acceptors (Lipinski definition) is 1. The van der Waals surface area contributed by atoms with Crippen LogP contribution in [0.15, 0.2) is 186 Å². The minimum Gasteiger partial charge on any atom is -0.456 e. The van der Waals surface area contributed by atoms with Gasteiger partial charge in [0.05, 0.1) is 0 Å². The first-order valence-electron chi connectivity index (χ1n) is 21.6. The van der Waals surface area contributed by atoms with E-state index in [1.165, 1.54) is 121 Å². The van der Waals surface area contributed by atoms with Crippen LogP contribution < -0.4 is 0 Å². The normalized spacial score (nSPS) is 14.5. The molecule has 0 saturated carbocycles. The second kappa shape index (κ2) is 12.2. The third-order valence-corrected chi connectivity index (χ3v) is 14.5. The molecular formula is C60H42O. The Labute approximate surface area is 355 Å². The monoisotopic (exact) mass is 778 g/mol. The van der Waals surface area contributed by atoms with Crippen LogP contribution in [0, 0.1) is 0 Å². The van der Waals surface area contributed by atoms with Crippen molar-refractivity contribution in [1.82, 2.24) is 0 Å². The van der Waals surface area contributed by atoms with Gasteiger partial charge in [-0.1, -0.05) is 185 Å². The zero-order chi connectivity index (χ0) is 40.8. The van der Waals surface area contributed by atoms with Crippen molar-refractivity contribution >= 4 is 54.3 Å². The van der Waals surface area contributed by atoms with Crippen molar-refractivity contribution in [3.05, 3.63) is 204 Å². The summed E-state index contributed by atoms with van der Waals surface area (Å²) in [6, 6.07) is 67.9. The molecule has 1 nitrogen and oxygen atoms in total. The van der Waals surface area contributed by atoms with Crippen LogP contribution in [0.4, 0.5) is 0 Å². The standard InChI is InChI=1S/C60H42O/c1-59(2)50-23-13-11-16-39(50)47-31-37(29-30-52(47)59)57-44-21-9-7-19-42(44)56(43-20-8-10-22-45(43)57)36-27-25-35(26-28-36)46-33-55-58(41-18-6-5-15-38(41)46)49-32-53-48(34-54(49)61-55)40-17-12-14-24-51(40)60(53,3)4/h5-34H,1-4H3. The van der Waals surface area contributed by atoms with Crippen molar-refractivity contribution in [2.24, 2.45) is 0 Å². The molecule has 10 aromatic carbocycles. The lowest BCUT2D eigenvalue weighted by atomic mass is 9.81. The quantitative estimate of drug-likeness (QED) is 0.163. The molecule has 0 unspecified atom stereocenters. The molecule has 0 atom stereocenters.